The number of ether oxygens (including phenoxy) is 3. The zero-order valence-corrected chi connectivity index (χ0v) is 13.4. The summed E-state index contributed by atoms with van der Waals surface area (Å²) in [6.45, 7) is 0.258. The Labute approximate surface area is 137 Å². The number of nitrogens with one attached hydrogen (secondary N) is 1. The Morgan fingerprint density at radius 3 is 2.29 bits per heavy atom. The lowest BCUT2D eigenvalue weighted by Crippen LogP contribution is -2.74. The molecule has 11 heteroatoms. The van der Waals surface area contributed by atoms with E-state index in [4.69, 9.17) is 14.6 Å². The van der Waals surface area contributed by atoms with E-state index in [0.29, 0.717) is 0 Å². The summed E-state index contributed by atoms with van der Waals surface area (Å²) in [4.78, 5) is 23.3. The van der Waals surface area contributed by atoms with Gasteiger partial charge in [-0.15, -0.1) is 0 Å². The number of amides is 1. The summed E-state index contributed by atoms with van der Waals surface area (Å²) in [5.74, 6) is -4.33. The highest BCUT2D eigenvalue weighted by molar-refractivity contribution is 5.79. The Kier molecular flexibility index (Phi) is 7.04. The van der Waals surface area contributed by atoms with Gasteiger partial charge in [0.05, 0.1) is 19.8 Å². The van der Waals surface area contributed by atoms with E-state index in [9.17, 15) is 30.0 Å². The molecule has 0 radical (unpaired) electrons. The van der Waals surface area contributed by atoms with Crippen molar-refractivity contribution >= 4 is 11.9 Å². The van der Waals surface area contributed by atoms with E-state index >= 15 is 0 Å². The largest absolute Gasteiger partial charge is 0.465 e. The van der Waals surface area contributed by atoms with Crippen LogP contribution in [0, 0.1) is 0 Å². The molecule has 1 heterocycles. The van der Waals surface area contributed by atoms with Crippen LogP contribution >= 0.6 is 0 Å². The first-order chi connectivity index (χ1) is 11.2. The highest BCUT2D eigenvalue weighted by Crippen LogP contribution is 2.34. The van der Waals surface area contributed by atoms with Crippen molar-refractivity contribution in [2.75, 3.05) is 20.8 Å². The molecule has 1 amide bonds. The second-order valence-electron chi connectivity index (χ2n) is 5.35. The van der Waals surface area contributed by atoms with Crippen molar-refractivity contribution in [3.05, 3.63) is 0 Å². The number of aliphatic hydroxyl groups excluding tert-OH is 5. The van der Waals surface area contributed by atoms with Crippen LogP contribution in [-0.2, 0) is 23.8 Å². The van der Waals surface area contributed by atoms with Crippen molar-refractivity contribution in [1.82, 2.24) is 5.32 Å². The molecule has 1 saturated heterocycles. The maximum atomic E-state index is 12.0. The maximum absolute atomic E-state index is 12.0. The first-order valence-electron chi connectivity index (χ1n) is 7.07. The first kappa shape index (κ1) is 20.7. The second-order valence-corrected chi connectivity index (χ2v) is 5.35. The quantitative estimate of drug-likeness (QED) is 0.257. The molecule has 11 nitrogen and oxygen atoms in total. The monoisotopic (exact) mass is 353 g/mol. The molecule has 7 atom stereocenters. The Balaban J connectivity index is 3.30. The molecule has 0 saturated carbocycles. The topological polar surface area (TPSA) is 175 Å². The Hall–Kier alpha value is -1.34. The zero-order chi connectivity index (χ0) is 18.7. The van der Waals surface area contributed by atoms with Gasteiger partial charge in [-0.25, -0.2) is 4.79 Å². The molecule has 0 aromatic rings. The number of rotatable bonds is 6. The van der Waals surface area contributed by atoms with Crippen LogP contribution in [0.4, 0.5) is 0 Å². The number of aliphatic hydroxyl groups is 5. The number of hydrogen-bond donors (Lipinski definition) is 6. The van der Waals surface area contributed by atoms with E-state index in [2.05, 4.69) is 10.1 Å². The smallest absolute Gasteiger partial charge is 0.369 e. The van der Waals surface area contributed by atoms with Gasteiger partial charge in [0.1, 0.15) is 30.5 Å². The summed E-state index contributed by atoms with van der Waals surface area (Å²) >= 11 is 0. The standard InChI is InChI=1S/C13H23NO10/c1-5(16)14-7-9(19)11(20)13(23-3,12(21)22-2)24-10(7)8(18)6(17)4-15/h6-11,15,17-20H,4H2,1-3H3,(H,14,16)/t6-,7-,8-,9-,10-,11+,13-/m1/s1. The normalized spacial score (nSPS) is 35.8. The number of hydrogen-bond acceptors (Lipinski definition) is 10. The summed E-state index contributed by atoms with van der Waals surface area (Å²) in [6, 6.07) is -1.40. The SMILES string of the molecule is COC(=O)[C@]1(OC)O[C@@H]([C@H](O)[C@H](O)CO)[C@H](NC(C)=O)[C@@H](O)[C@@H]1O. The molecule has 140 valence electrons. The van der Waals surface area contributed by atoms with Gasteiger partial charge in [-0.05, 0) is 0 Å². The first-order valence-corrected chi connectivity index (χ1v) is 7.07. The average molecular weight is 353 g/mol. The van der Waals surface area contributed by atoms with Gasteiger partial charge in [-0.2, -0.15) is 0 Å². The lowest BCUT2D eigenvalue weighted by molar-refractivity contribution is -0.341. The Morgan fingerprint density at radius 2 is 1.88 bits per heavy atom. The van der Waals surface area contributed by atoms with Crippen molar-refractivity contribution in [2.45, 2.75) is 49.3 Å². The molecule has 1 rings (SSSR count). The van der Waals surface area contributed by atoms with Gasteiger partial charge in [-0.3, -0.25) is 4.79 Å². The fourth-order valence-electron chi connectivity index (χ4n) is 2.54. The molecule has 0 aromatic carbocycles. The van der Waals surface area contributed by atoms with Gasteiger partial charge in [0, 0.05) is 14.0 Å². The van der Waals surface area contributed by atoms with Gasteiger partial charge in [0.15, 0.2) is 0 Å². The molecule has 6 N–H and O–H groups in total. The lowest BCUT2D eigenvalue weighted by atomic mass is 9.86. The summed E-state index contributed by atoms with van der Waals surface area (Å²) < 4.78 is 14.7. The predicted octanol–water partition coefficient (Wildman–Crippen LogP) is -4.16. The van der Waals surface area contributed by atoms with E-state index in [-0.39, 0.29) is 0 Å². The third-order valence-corrected chi connectivity index (χ3v) is 3.81. The third-order valence-electron chi connectivity index (χ3n) is 3.81. The fraction of sp³-hybridized carbons (Fsp3) is 0.846. The molecule has 0 aliphatic carbocycles. The van der Waals surface area contributed by atoms with Crippen LogP contribution in [0.3, 0.4) is 0 Å². The summed E-state index contributed by atoms with van der Waals surface area (Å²) in [5, 5.41) is 51.5. The van der Waals surface area contributed by atoms with Crippen LogP contribution in [0.2, 0.25) is 0 Å². The molecular formula is C13H23NO10. The maximum Gasteiger partial charge on any atom is 0.369 e. The van der Waals surface area contributed by atoms with Crippen LogP contribution in [0.1, 0.15) is 6.92 Å². The Bertz CT molecular complexity index is 460. The van der Waals surface area contributed by atoms with Crippen molar-refractivity contribution in [3.63, 3.8) is 0 Å². The van der Waals surface area contributed by atoms with E-state index < -0.39 is 60.8 Å². The molecule has 0 spiro atoms. The van der Waals surface area contributed by atoms with E-state index in [1.807, 2.05) is 0 Å². The van der Waals surface area contributed by atoms with Gasteiger partial charge in [0.2, 0.25) is 5.91 Å². The van der Waals surface area contributed by atoms with Crippen molar-refractivity contribution in [1.29, 1.82) is 0 Å². The van der Waals surface area contributed by atoms with Gasteiger partial charge in [-0.1, -0.05) is 0 Å². The zero-order valence-electron chi connectivity index (χ0n) is 13.4. The van der Waals surface area contributed by atoms with Crippen LogP contribution in [-0.4, -0.2) is 101 Å². The molecule has 0 bridgehead atoms. The number of carbonyl (C=O) groups excluding carboxylic acids is 2. The number of methoxy groups -OCH3 is 2. The van der Waals surface area contributed by atoms with E-state index in [0.717, 1.165) is 21.1 Å². The van der Waals surface area contributed by atoms with Crippen LogP contribution in [0.5, 0.6) is 0 Å². The molecule has 0 aromatic heterocycles. The molecule has 1 fully saturated rings. The van der Waals surface area contributed by atoms with Crippen LogP contribution < -0.4 is 5.32 Å². The molecule has 1 aliphatic rings. The van der Waals surface area contributed by atoms with Crippen molar-refractivity contribution in [2.24, 2.45) is 0 Å². The van der Waals surface area contributed by atoms with E-state index in [1.165, 1.54) is 0 Å². The summed E-state index contributed by atoms with van der Waals surface area (Å²) in [5.41, 5.74) is 0. The van der Waals surface area contributed by atoms with Crippen LogP contribution in [0.25, 0.3) is 0 Å². The van der Waals surface area contributed by atoms with Crippen molar-refractivity contribution < 1.29 is 49.3 Å². The third kappa shape index (κ3) is 3.67. The summed E-state index contributed by atoms with van der Waals surface area (Å²) in [6.07, 6.45) is -8.92. The van der Waals surface area contributed by atoms with Crippen LogP contribution in [0.15, 0.2) is 0 Å². The molecular weight excluding hydrogens is 330 g/mol. The highest BCUT2D eigenvalue weighted by atomic mass is 16.7. The highest BCUT2D eigenvalue weighted by Gasteiger charge is 2.61. The molecule has 0 unspecified atom stereocenters. The summed E-state index contributed by atoms with van der Waals surface area (Å²) in [7, 11) is 1.98. The molecule has 24 heavy (non-hydrogen) atoms. The van der Waals surface area contributed by atoms with Gasteiger partial charge < -0.3 is 45.1 Å². The average Bonchev–Trinajstić information content (AvgIpc) is 2.57. The minimum absolute atomic E-state index is 0.631. The van der Waals surface area contributed by atoms with Crippen molar-refractivity contribution in [3.8, 4) is 0 Å². The minimum Gasteiger partial charge on any atom is -0.465 e. The second kappa shape index (κ2) is 8.16. The molecule has 1 aliphatic heterocycles. The van der Waals surface area contributed by atoms with Gasteiger partial charge >= 0.3 is 5.97 Å². The number of esters is 1. The Morgan fingerprint density at radius 1 is 1.29 bits per heavy atom. The minimum atomic E-state index is -2.50. The fourth-order valence-corrected chi connectivity index (χ4v) is 2.54. The van der Waals surface area contributed by atoms with Gasteiger partial charge in [0.25, 0.3) is 5.79 Å². The number of carbonyl (C=O) groups is 2. The lowest BCUT2D eigenvalue weighted by Gasteiger charge is -2.49. The predicted molar refractivity (Wildman–Crippen MR) is 75.3 cm³/mol. The van der Waals surface area contributed by atoms with E-state index in [1.54, 1.807) is 0 Å².